The molecular weight excluding hydrogens is 579 g/mol. The second-order valence-corrected chi connectivity index (χ2v) is 11.2. The maximum absolute atomic E-state index is 13.0. The largest absolute Gasteiger partial charge is 0.482 e. The van der Waals surface area contributed by atoms with Gasteiger partial charge in [-0.2, -0.15) is 13.2 Å². The number of aromatic nitrogens is 1. The van der Waals surface area contributed by atoms with Crippen molar-refractivity contribution in [2.75, 3.05) is 16.6 Å². The standard InChI is InChI=1S/C29H23ClF3N3O4S/c1-2-36-25-9-4-3-8-22(25)23-15-19(10-12-26(23)36)34-28(37)17-40-27-13-11-21(16-24(27)30)41(38,39)35-20-7-5-6-18(14-20)29(31,32)33/h3-16,35H,2,17H2,1H3,(H,34,37). The van der Waals surface area contributed by atoms with E-state index in [4.69, 9.17) is 16.3 Å². The molecule has 0 fully saturated rings. The Labute approximate surface area is 238 Å². The van der Waals surface area contributed by atoms with Gasteiger partial charge in [0.2, 0.25) is 0 Å². The van der Waals surface area contributed by atoms with E-state index in [9.17, 15) is 26.4 Å². The van der Waals surface area contributed by atoms with E-state index in [0.29, 0.717) is 11.8 Å². The van der Waals surface area contributed by atoms with Crippen molar-refractivity contribution in [3.63, 3.8) is 0 Å². The minimum absolute atomic E-state index is 0.0568. The molecule has 0 unspecified atom stereocenters. The Bertz CT molecular complexity index is 1890. The first-order valence-corrected chi connectivity index (χ1v) is 14.3. The van der Waals surface area contributed by atoms with E-state index in [1.54, 1.807) is 6.07 Å². The number of carbonyl (C=O) groups excluding carboxylic acids is 1. The Kier molecular flexibility index (Phi) is 7.58. The maximum Gasteiger partial charge on any atom is 0.416 e. The van der Waals surface area contributed by atoms with Crippen LogP contribution in [0.25, 0.3) is 21.8 Å². The number of halogens is 4. The van der Waals surface area contributed by atoms with Gasteiger partial charge < -0.3 is 14.6 Å². The highest BCUT2D eigenvalue weighted by Crippen LogP contribution is 2.33. The highest BCUT2D eigenvalue weighted by atomic mass is 35.5. The van der Waals surface area contributed by atoms with E-state index in [2.05, 4.69) is 21.5 Å². The minimum Gasteiger partial charge on any atom is -0.482 e. The molecule has 12 heteroatoms. The molecule has 5 rings (SSSR count). The predicted octanol–water partition coefficient (Wildman–Crippen LogP) is 7.30. The molecule has 2 N–H and O–H groups in total. The quantitative estimate of drug-likeness (QED) is 0.195. The minimum atomic E-state index is -4.63. The van der Waals surface area contributed by atoms with Crippen LogP contribution >= 0.6 is 11.6 Å². The topological polar surface area (TPSA) is 89.4 Å². The molecule has 4 aromatic carbocycles. The van der Waals surface area contributed by atoms with Crippen LogP contribution in [-0.4, -0.2) is 25.5 Å². The SMILES string of the molecule is CCn1c2ccccc2c2cc(NC(=O)COc3ccc(S(=O)(=O)Nc4cccc(C(F)(F)F)c4)cc3Cl)ccc21. The summed E-state index contributed by atoms with van der Waals surface area (Å²) >= 11 is 6.20. The zero-order chi connectivity index (χ0) is 29.4. The first-order valence-electron chi connectivity index (χ1n) is 12.4. The van der Waals surface area contributed by atoms with E-state index >= 15 is 0 Å². The van der Waals surface area contributed by atoms with Crippen LogP contribution in [0.5, 0.6) is 5.75 Å². The van der Waals surface area contributed by atoms with Crippen molar-refractivity contribution < 1.29 is 31.1 Å². The number of hydrogen-bond acceptors (Lipinski definition) is 4. The van der Waals surface area contributed by atoms with Crippen LogP contribution in [0.2, 0.25) is 5.02 Å². The van der Waals surface area contributed by atoms with Gasteiger partial charge in [0.1, 0.15) is 5.75 Å². The van der Waals surface area contributed by atoms with Crippen molar-refractivity contribution in [1.29, 1.82) is 0 Å². The number of nitrogens with one attached hydrogen (secondary N) is 2. The number of sulfonamides is 1. The monoisotopic (exact) mass is 601 g/mol. The third kappa shape index (κ3) is 5.96. The molecule has 0 saturated heterocycles. The first-order chi connectivity index (χ1) is 19.5. The van der Waals surface area contributed by atoms with Gasteiger partial charge in [-0.25, -0.2) is 8.42 Å². The van der Waals surface area contributed by atoms with Gasteiger partial charge in [0.15, 0.2) is 6.61 Å². The molecule has 7 nitrogen and oxygen atoms in total. The average Bonchev–Trinajstić information content (AvgIpc) is 3.24. The summed E-state index contributed by atoms with van der Waals surface area (Å²) in [5, 5.41) is 4.76. The zero-order valence-electron chi connectivity index (χ0n) is 21.5. The van der Waals surface area contributed by atoms with Crippen LogP contribution in [-0.2, 0) is 27.5 Å². The van der Waals surface area contributed by atoms with Crippen LogP contribution in [0.1, 0.15) is 12.5 Å². The van der Waals surface area contributed by atoms with Crippen molar-refractivity contribution in [1.82, 2.24) is 4.57 Å². The summed E-state index contributed by atoms with van der Waals surface area (Å²) in [6.07, 6.45) is -4.63. The molecule has 41 heavy (non-hydrogen) atoms. The second-order valence-electron chi connectivity index (χ2n) is 9.11. The number of carbonyl (C=O) groups is 1. The molecule has 0 atom stereocenters. The van der Waals surface area contributed by atoms with Crippen molar-refractivity contribution in [2.24, 2.45) is 0 Å². The number of benzene rings is 4. The van der Waals surface area contributed by atoms with Crippen LogP contribution in [0.15, 0.2) is 89.8 Å². The van der Waals surface area contributed by atoms with Gasteiger partial charge in [0.05, 0.1) is 15.5 Å². The number of alkyl halides is 3. The summed E-state index contributed by atoms with van der Waals surface area (Å²) in [4.78, 5) is 12.3. The molecule has 0 aliphatic heterocycles. The molecular formula is C29H23ClF3N3O4S. The third-order valence-corrected chi connectivity index (χ3v) is 8.06. The predicted molar refractivity (Wildman–Crippen MR) is 153 cm³/mol. The second kappa shape index (κ2) is 11.0. The summed E-state index contributed by atoms with van der Waals surface area (Å²) in [7, 11) is -4.26. The van der Waals surface area contributed by atoms with Gasteiger partial charge in [-0.15, -0.1) is 0 Å². The van der Waals surface area contributed by atoms with Crippen molar-refractivity contribution in [2.45, 2.75) is 24.5 Å². The molecule has 0 aliphatic carbocycles. The van der Waals surface area contributed by atoms with E-state index in [1.165, 1.54) is 18.2 Å². The molecule has 5 aromatic rings. The fourth-order valence-electron chi connectivity index (χ4n) is 4.55. The number of fused-ring (bicyclic) bond motifs is 3. The lowest BCUT2D eigenvalue weighted by molar-refractivity contribution is -0.137. The fourth-order valence-corrected chi connectivity index (χ4v) is 5.93. The zero-order valence-corrected chi connectivity index (χ0v) is 23.1. The summed E-state index contributed by atoms with van der Waals surface area (Å²) < 4.78 is 74.2. The molecule has 0 radical (unpaired) electrons. The number of anilines is 2. The molecule has 0 spiro atoms. The first kappa shape index (κ1) is 28.3. The summed E-state index contributed by atoms with van der Waals surface area (Å²) in [5.74, 6) is -0.399. The Morgan fingerprint density at radius 3 is 2.39 bits per heavy atom. The average molecular weight is 602 g/mol. The number of aryl methyl sites for hydroxylation is 1. The Balaban J connectivity index is 1.26. The van der Waals surface area contributed by atoms with E-state index in [0.717, 1.165) is 46.5 Å². The number of para-hydroxylation sites is 1. The number of rotatable bonds is 8. The molecule has 1 aromatic heterocycles. The molecule has 0 saturated carbocycles. The third-order valence-electron chi connectivity index (χ3n) is 6.39. The van der Waals surface area contributed by atoms with Gasteiger partial charge in [-0.05, 0) is 67.6 Å². The Hall–Kier alpha value is -4.22. The highest BCUT2D eigenvalue weighted by Gasteiger charge is 2.30. The summed E-state index contributed by atoms with van der Waals surface area (Å²) in [6, 6.07) is 21.0. The van der Waals surface area contributed by atoms with Crippen LogP contribution in [0, 0.1) is 0 Å². The molecule has 0 aliphatic rings. The van der Waals surface area contributed by atoms with E-state index in [1.807, 2.05) is 36.4 Å². The molecule has 0 bridgehead atoms. The lowest BCUT2D eigenvalue weighted by Crippen LogP contribution is -2.20. The number of amides is 1. The lowest BCUT2D eigenvalue weighted by Gasteiger charge is -2.13. The Morgan fingerprint density at radius 1 is 0.902 bits per heavy atom. The number of ether oxygens (including phenoxy) is 1. The highest BCUT2D eigenvalue weighted by molar-refractivity contribution is 7.92. The van der Waals surface area contributed by atoms with Gasteiger partial charge >= 0.3 is 6.18 Å². The van der Waals surface area contributed by atoms with Gasteiger partial charge in [0, 0.05) is 39.7 Å². The lowest BCUT2D eigenvalue weighted by atomic mass is 10.1. The summed E-state index contributed by atoms with van der Waals surface area (Å²) in [6.45, 7) is 2.47. The van der Waals surface area contributed by atoms with Crippen LogP contribution in [0.4, 0.5) is 24.5 Å². The summed E-state index contributed by atoms with van der Waals surface area (Å²) in [5.41, 5.74) is 1.48. The fraction of sp³-hybridized carbons (Fsp3) is 0.138. The van der Waals surface area contributed by atoms with Gasteiger partial charge in [-0.1, -0.05) is 35.9 Å². The molecule has 1 amide bonds. The van der Waals surface area contributed by atoms with Crippen LogP contribution in [0.3, 0.4) is 0 Å². The molecule has 212 valence electrons. The maximum atomic E-state index is 13.0. The smallest absolute Gasteiger partial charge is 0.416 e. The normalized spacial score (nSPS) is 12.0. The molecule has 1 heterocycles. The van der Waals surface area contributed by atoms with Crippen molar-refractivity contribution >= 4 is 60.7 Å². The van der Waals surface area contributed by atoms with Crippen molar-refractivity contribution in [3.05, 3.63) is 95.5 Å². The van der Waals surface area contributed by atoms with Gasteiger partial charge in [-0.3, -0.25) is 9.52 Å². The van der Waals surface area contributed by atoms with Crippen LogP contribution < -0.4 is 14.8 Å². The number of hydrogen-bond donors (Lipinski definition) is 2. The Morgan fingerprint density at radius 2 is 1.66 bits per heavy atom. The van der Waals surface area contributed by atoms with Crippen molar-refractivity contribution in [3.8, 4) is 5.75 Å². The van der Waals surface area contributed by atoms with Gasteiger partial charge in [0.25, 0.3) is 15.9 Å². The van der Waals surface area contributed by atoms with E-state index in [-0.39, 0.29) is 21.4 Å². The number of nitrogens with zero attached hydrogens (tertiary/aromatic N) is 1. The van der Waals surface area contributed by atoms with E-state index < -0.39 is 34.3 Å².